The van der Waals surface area contributed by atoms with Gasteiger partial charge >= 0.3 is 0 Å². The number of rotatable bonds is 4. The predicted octanol–water partition coefficient (Wildman–Crippen LogP) is 2.53. The highest BCUT2D eigenvalue weighted by atomic mass is 19.1. The van der Waals surface area contributed by atoms with Crippen LogP contribution in [-0.2, 0) is 11.8 Å². The molecule has 2 aromatic rings. The van der Waals surface area contributed by atoms with Gasteiger partial charge in [-0.15, -0.1) is 0 Å². The quantitative estimate of drug-likeness (QED) is 0.880. The molecule has 1 N–H and O–H groups in total. The Bertz CT molecular complexity index is 692. The van der Waals surface area contributed by atoms with Crippen LogP contribution in [0, 0.1) is 12.7 Å². The van der Waals surface area contributed by atoms with E-state index in [2.05, 4.69) is 10.4 Å². The van der Waals surface area contributed by atoms with Gasteiger partial charge in [-0.3, -0.25) is 4.79 Å². The molecule has 1 aromatic heterocycles. The molecule has 0 saturated heterocycles. The fourth-order valence-electron chi connectivity index (χ4n) is 1.96. The molecule has 0 unspecified atom stereocenters. The van der Waals surface area contributed by atoms with Crippen molar-refractivity contribution >= 4 is 17.7 Å². The summed E-state index contributed by atoms with van der Waals surface area (Å²) < 4.78 is 19.8. The second kappa shape index (κ2) is 6.21. The molecular formula is C15H16FN3O2. The number of methoxy groups -OCH3 is 1. The number of hydrogen-bond donors (Lipinski definition) is 1. The zero-order valence-corrected chi connectivity index (χ0v) is 12.1. The molecule has 110 valence electrons. The lowest BCUT2D eigenvalue weighted by molar-refractivity contribution is -0.111. The minimum absolute atomic E-state index is 0.339. The number of carbonyl (C=O) groups is 1. The maximum atomic E-state index is 13.0. The first-order chi connectivity index (χ1) is 10.0. The third-order valence-electron chi connectivity index (χ3n) is 2.89. The first-order valence-corrected chi connectivity index (χ1v) is 6.33. The van der Waals surface area contributed by atoms with Gasteiger partial charge in [0.25, 0.3) is 0 Å². The van der Waals surface area contributed by atoms with Crippen molar-refractivity contribution in [1.82, 2.24) is 9.78 Å². The Kier molecular flexibility index (Phi) is 4.37. The molecule has 0 aliphatic heterocycles. The average molecular weight is 289 g/mol. The van der Waals surface area contributed by atoms with Gasteiger partial charge in [-0.25, -0.2) is 9.07 Å². The van der Waals surface area contributed by atoms with Gasteiger partial charge < -0.3 is 10.1 Å². The van der Waals surface area contributed by atoms with Crippen LogP contribution in [0.5, 0.6) is 5.88 Å². The molecular weight excluding hydrogens is 273 g/mol. The third kappa shape index (κ3) is 3.47. The topological polar surface area (TPSA) is 56.1 Å². The number of anilines is 1. The number of amides is 1. The number of benzene rings is 1. The lowest BCUT2D eigenvalue weighted by Crippen LogP contribution is -2.09. The smallest absolute Gasteiger partial charge is 0.248 e. The Hall–Kier alpha value is -2.63. The van der Waals surface area contributed by atoms with Crippen LogP contribution in [0.3, 0.4) is 0 Å². The molecule has 1 amide bonds. The van der Waals surface area contributed by atoms with Crippen LogP contribution < -0.4 is 10.1 Å². The van der Waals surface area contributed by atoms with E-state index in [1.807, 2.05) is 0 Å². The van der Waals surface area contributed by atoms with Crippen LogP contribution in [-0.4, -0.2) is 22.8 Å². The number of ether oxygens (including phenoxy) is 1. The number of aromatic nitrogens is 2. The fraction of sp³-hybridized carbons (Fsp3) is 0.200. The van der Waals surface area contributed by atoms with E-state index in [9.17, 15) is 9.18 Å². The summed E-state index contributed by atoms with van der Waals surface area (Å²) in [5, 5.41) is 6.88. The van der Waals surface area contributed by atoms with Crippen molar-refractivity contribution < 1.29 is 13.9 Å². The molecule has 0 aliphatic carbocycles. The monoisotopic (exact) mass is 289 g/mol. The van der Waals surface area contributed by atoms with E-state index < -0.39 is 0 Å². The van der Waals surface area contributed by atoms with Crippen LogP contribution in [0.4, 0.5) is 10.1 Å². The zero-order valence-electron chi connectivity index (χ0n) is 12.1. The standard InChI is InChI=1S/C15H16FN3O2/c1-10-14(15(21-3)19(2)18-10)17-13(20)8-7-11-5-4-6-12(16)9-11/h4-9H,1-3H3,(H,17,20)/b8-7+. The molecule has 0 atom stereocenters. The second-order valence-corrected chi connectivity index (χ2v) is 4.47. The highest BCUT2D eigenvalue weighted by Gasteiger charge is 2.15. The molecule has 2 rings (SSSR count). The van der Waals surface area contributed by atoms with Crippen LogP contribution >= 0.6 is 0 Å². The lowest BCUT2D eigenvalue weighted by Gasteiger charge is -2.05. The number of halogens is 1. The minimum Gasteiger partial charge on any atom is -0.480 e. The number of carbonyl (C=O) groups excluding carboxylic acids is 1. The van der Waals surface area contributed by atoms with Gasteiger partial charge in [-0.2, -0.15) is 5.10 Å². The predicted molar refractivity (Wildman–Crippen MR) is 78.6 cm³/mol. The van der Waals surface area contributed by atoms with Gasteiger partial charge in [0.2, 0.25) is 11.8 Å². The largest absolute Gasteiger partial charge is 0.480 e. The first kappa shape index (κ1) is 14.8. The Morgan fingerprint density at radius 1 is 1.48 bits per heavy atom. The Morgan fingerprint density at radius 2 is 2.24 bits per heavy atom. The highest BCUT2D eigenvalue weighted by Crippen LogP contribution is 2.26. The van der Waals surface area contributed by atoms with Crippen LogP contribution in [0.1, 0.15) is 11.3 Å². The van der Waals surface area contributed by atoms with Gasteiger partial charge in [0.15, 0.2) is 0 Å². The van der Waals surface area contributed by atoms with E-state index in [4.69, 9.17) is 4.74 Å². The van der Waals surface area contributed by atoms with Crippen LogP contribution in [0.15, 0.2) is 30.3 Å². The summed E-state index contributed by atoms with van der Waals surface area (Å²) in [6.45, 7) is 1.77. The minimum atomic E-state index is -0.345. The fourth-order valence-corrected chi connectivity index (χ4v) is 1.96. The van der Waals surface area contributed by atoms with Crippen molar-refractivity contribution in [2.24, 2.45) is 7.05 Å². The molecule has 1 aromatic carbocycles. The second-order valence-electron chi connectivity index (χ2n) is 4.47. The van der Waals surface area contributed by atoms with Gasteiger partial charge in [0.1, 0.15) is 11.5 Å². The molecule has 6 heteroatoms. The molecule has 0 bridgehead atoms. The Labute approximate surface area is 122 Å². The van der Waals surface area contributed by atoms with Gasteiger partial charge in [0.05, 0.1) is 12.8 Å². The number of nitrogens with zero attached hydrogens (tertiary/aromatic N) is 2. The Morgan fingerprint density at radius 3 is 2.90 bits per heavy atom. The van der Waals surface area contributed by atoms with Crippen LogP contribution in [0.2, 0.25) is 0 Å². The van der Waals surface area contributed by atoms with E-state index in [1.54, 1.807) is 30.8 Å². The molecule has 0 fully saturated rings. The lowest BCUT2D eigenvalue weighted by atomic mass is 10.2. The van der Waals surface area contributed by atoms with Crippen molar-refractivity contribution in [2.45, 2.75) is 6.92 Å². The van der Waals surface area contributed by atoms with Crippen molar-refractivity contribution in [2.75, 3.05) is 12.4 Å². The SMILES string of the molecule is COc1c(NC(=O)/C=C/c2cccc(F)c2)c(C)nn1C. The molecule has 0 saturated carbocycles. The van der Waals surface area contributed by atoms with Gasteiger partial charge in [0, 0.05) is 13.1 Å². The number of aryl methyl sites for hydroxylation is 2. The summed E-state index contributed by atoms with van der Waals surface area (Å²) in [7, 11) is 3.23. The maximum Gasteiger partial charge on any atom is 0.248 e. The molecule has 1 heterocycles. The van der Waals surface area contributed by atoms with E-state index in [1.165, 1.54) is 31.4 Å². The number of hydrogen-bond acceptors (Lipinski definition) is 3. The van der Waals surface area contributed by atoms with E-state index in [-0.39, 0.29) is 11.7 Å². The van der Waals surface area contributed by atoms with Crippen molar-refractivity contribution in [1.29, 1.82) is 0 Å². The summed E-state index contributed by atoms with van der Waals surface area (Å²) in [4.78, 5) is 11.9. The zero-order chi connectivity index (χ0) is 15.4. The van der Waals surface area contributed by atoms with Gasteiger partial charge in [-0.05, 0) is 30.7 Å². The summed E-state index contributed by atoms with van der Waals surface area (Å²) in [5.74, 6) is -0.212. The molecule has 0 spiro atoms. The summed E-state index contributed by atoms with van der Waals surface area (Å²) in [6.07, 6.45) is 2.87. The van der Waals surface area contributed by atoms with E-state index in [0.29, 0.717) is 22.8 Å². The van der Waals surface area contributed by atoms with Crippen LogP contribution in [0.25, 0.3) is 6.08 Å². The maximum absolute atomic E-state index is 13.0. The summed E-state index contributed by atoms with van der Waals surface area (Å²) in [6, 6.07) is 5.99. The van der Waals surface area contributed by atoms with E-state index in [0.717, 1.165) is 0 Å². The average Bonchev–Trinajstić information content (AvgIpc) is 2.70. The van der Waals surface area contributed by atoms with Crippen molar-refractivity contribution in [3.8, 4) is 5.88 Å². The molecule has 21 heavy (non-hydrogen) atoms. The Balaban J connectivity index is 2.12. The third-order valence-corrected chi connectivity index (χ3v) is 2.89. The van der Waals surface area contributed by atoms with E-state index >= 15 is 0 Å². The van der Waals surface area contributed by atoms with Gasteiger partial charge in [-0.1, -0.05) is 12.1 Å². The first-order valence-electron chi connectivity index (χ1n) is 6.33. The molecule has 5 nitrogen and oxygen atoms in total. The molecule has 0 aliphatic rings. The van der Waals surface area contributed by atoms with Crippen molar-refractivity contribution in [3.63, 3.8) is 0 Å². The highest BCUT2D eigenvalue weighted by molar-refractivity contribution is 6.03. The number of nitrogens with one attached hydrogen (secondary N) is 1. The normalized spacial score (nSPS) is 10.9. The summed E-state index contributed by atoms with van der Waals surface area (Å²) in [5.41, 5.74) is 1.79. The molecule has 0 radical (unpaired) electrons. The summed E-state index contributed by atoms with van der Waals surface area (Å²) >= 11 is 0. The van der Waals surface area contributed by atoms with Crippen molar-refractivity contribution in [3.05, 3.63) is 47.4 Å².